The van der Waals surface area contributed by atoms with Gasteiger partial charge in [-0.25, -0.2) is 9.18 Å². The molecule has 2 aromatic rings. The smallest absolute Gasteiger partial charge is 0.319 e. The van der Waals surface area contributed by atoms with E-state index in [1.165, 1.54) is 29.8 Å². The van der Waals surface area contributed by atoms with Gasteiger partial charge in [-0.15, -0.1) is 0 Å². The minimum atomic E-state index is -0.324. The Morgan fingerprint density at radius 2 is 1.91 bits per heavy atom. The van der Waals surface area contributed by atoms with Gasteiger partial charge in [0.05, 0.1) is 6.04 Å². The van der Waals surface area contributed by atoms with Crippen LogP contribution in [-0.2, 0) is 0 Å². The number of thiophene rings is 1. The molecule has 6 heteroatoms. The molecule has 0 spiro atoms. The molecule has 1 aromatic heterocycles. The number of halogens is 1. The Morgan fingerprint density at radius 1 is 1.22 bits per heavy atom. The number of rotatable bonds is 7. The molecule has 2 rings (SSSR count). The Labute approximate surface area is 140 Å². The summed E-state index contributed by atoms with van der Waals surface area (Å²) in [6.45, 7) is 6.57. The Kier molecular flexibility index (Phi) is 6.55. The first-order chi connectivity index (χ1) is 11.1. The van der Waals surface area contributed by atoms with E-state index in [0.717, 1.165) is 13.1 Å². The molecule has 124 valence electrons. The van der Waals surface area contributed by atoms with E-state index in [1.54, 1.807) is 11.3 Å². The highest BCUT2D eigenvalue weighted by Crippen LogP contribution is 2.22. The molecule has 0 unspecified atom stereocenters. The SMILES string of the molecule is CCN(CC)[C@H](CNC(=O)Nc1ccc(F)cc1)c1ccsc1. The Bertz CT molecular complexity index is 597. The molecule has 0 saturated heterocycles. The molecular weight excluding hydrogens is 313 g/mol. The molecule has 1 heterocycles. The average molecular weight is 335 g/mol. The average Bonchev–Trinajstić information content (AvgIpc) is 3.08. The molecule has 0 aliphatic carbocycles. The number of nitrogens with one attached hydrogen (secondary N) is 2. The van der Waals surface area contributed by atoms with E-state index < -0.39 is 0 Å². The van der Waals surface area contributed by atoms with Crippen molar-refractivity contribution in [3.63, 3.8) is 0 Å². The van der Waals surface area contributed by atoms with Crippen molar-refractivity contribution in [3.8, 4) is 0 Å². The first-order valence-electron chi connectivity index (χ1n) is 7.70. The van der Waals surface area contributed by atoms with E-state index in [0.29, 0.717) is 12.2 Å². The Morgan fingerprint density at radius 3 is 2.48 bits per heavy atom. The molecule has 0 bridgehead atoms. The van der Waals surface area contributed by atoms with Crippen molar-refractivity contribution in [2.45, 2.75) is 19.9 Å². The molecule has 1 atom stereocenters. The number of carbonyl (C=O) groups is 1. The van der Waals surface area contributed by atoms with Gasteiger partial charge in [0.25, 0.3) is 0 Å². The van der Waals surface area contributed by atoms with Crippen molar-refractivity contribution in [3.05, 3.63) is 52.5 Å². The summed E-state index contributed by atoms with van der Waals surface area (Å²) in [6.07, 6.45) is 0. The van der Waals surface area contributed by atoms with Gasteiger partial charge in [-0.2, -0.15) is 11.3 Å². The van der Waals surface area contributed by atoms with Crippen LogP contribution in [0.4, 0.5) is 14.9 Å². The largest absolute Gasteiger partial charge is 0.336 e. The maximum Gasteiger partial charge on any atom is 0.319 e. The lowest BCUT2D eigenvalue weighted by Crippen LogP contribution is -2.39. The van der Waals surface area contributed by atoms with Gasteiger partial charge in [0.2, 0.25) is 0 Å². The van der Waals surface area contributed by atoms with Crippen LogP contribution >= 0.6 is 11.3 Å². The summed E-state index contributed by atoms with van der Waals surface area (Å²) >= 11 is 1.65. The van der Waals surface area contributed by atoms with Crippen LogP contribution in [0.5, 0.6) is 0 Å². The third-order valence-corrected chi connectivity index (χ3v) is 4.44. The number of amides is 2. The maximum absolute atomic E-state index is 12.9. The quantitative estimate of drug-likeness (QED) is 0.800. The van der Waals surface area contributed by atoms with Gasteiger partial charge in [-0.05, 0) is 59.7 Å². The minimum absolute atomic E-state index is 0.148. The lowest BCUT2D eigenvalue weighted by Gasteiger charge is -2.29. The van der Waals surface area contributed by atoms with Crippen LogP contribution in [0.3, 0.4) is 0 Å². The zero-order valence-electron chi connectivity index (χ0n) is 13.4. The zero-order chi connectivity index (χ0) is 16.7. The van der Waals surface area contributed by atoms with E-state index in [-0.39, 0.29) is 17.9 Å². The number of benzene rings is 1. The number of carbonyl (C=O) groups excluding carboxylic acids is 1. The third kappa shape index (κ3) is 5.04. The maximum atomic E-state index is 12.9. The van der Waals surface area contributed by atoms with E-state index in [9.17, 15) is 9.18 Å². The van der Waals surface area contributed by atoms with Crippen molar-refractivity contribution < 1.29 is 9.18 Å². The van der Waals surface area contributed by atoms with E-state index in [4.69, 9.17) is 0 Å². The molecular formula is C17H22FN3OS. The highest BCUT2D eigenvalue weighted by atomic mass is 32.1. The Balaban J connectivity index is 1.95. The fraction of sp³-hybridized carbons (Fsp3) is 0.353. The molecule has 0 aliphatic rings. The summed E-state index contributed by atoms with van der Waals surface area (Å²) in [4.78, 5) is 14.3. The van der Waals surface area contributed by atoms with Gasteiger partial charge < -0.3 is 10.6 Å². The first kappa shape index (κ1) is 17.4. The standard InChI is InChI=1S/C17H22FN3OS/c1-3-21(4-2)16(13-9-10-23-12-13)11-19-17(22)20-15-7-5-14(18)6-8-15/h5-10,12,16H,3-4,11H2,1-2H3,(H2,19,20,22)/t16-/m1/s1. The van der Waals surface area contributed by atoms with Crippen LogP contribution in [0.2, 0.25) is 0 Å². The van der Waals surface area contributed by atoms with Crippen LogP contribution < -0.4 is 10.6 Å². The van der Waals surface area contributed by atoms with E-state index >= 15 is 0 Å². The molecule has 1 aromatic carbocycles. The monoisotopic (exact) mass is 335 g/mol. The van der Waals surface area contributed by atoms with Crippen molar-refractivity contribution in [1.82, 2.24) is 10.2 Å². The van der Waals surface area contributed by atoms with Gasteiger partial charge >= 0.3 is 6.03 Å². The van der Waals surface area contributed by atoms with Crippen molar-refractivity contribution in [1.29, 1.82) is 0 Å². The van der Waals surface area contributed by atoms with Crippen LogP contribution in [0, 0.1) is 5.82 Å². The van der Waals surface area contributed by atoms with Crippen molar-refractivity contribution in [2.24, 2.45) is 0 Å². The van der Waals surface area contributed by atoms with Crippen LogP contribution in [0.1, 0.15) is 25.5 Å². The van der Waals surface area contributed by atoms with Crippen LogP contribution in [-0.4, -0.2) is 30.6 Å². The fourth-order valence-electron chi connectivity index (χ4n) is 2.48. The summed E-state index contributed by atoms with van der Waals surface area (Å²) in [6, 6.07) is 7.66. The van der Waals surface area contributed by atoms with Crippen molar-refractivity contribution in [2.75, 3.05) is 25.0 Å². The number of hydrogen-bond donors (Lipinski definition) is 2. The summed E-state index contributed by atoms with van der Waals surface area (Å²) in [7, 11) is 0. The highest BCUT2D eigenvalue weighted by Gasteiger charge is 2.19. The number of hydrogen-bond acceptors (Lipinski definition) is 3. The number of urea groups is 1. The normalized spacial score (nSPS) is 12.2. The first-order valence-corrected chi connectivity index (χ1v) is 8.64. The molecule has 4 nitrogen and oxygen atoms in total. The summed E-state index contributed by atoms with van der Waals surface area (Å²) < 4.78 is 12.9. The summed E-state index contributed by atoms with van der Waals surface area (Å²) in [5.41, 5.74) is 1.78. The highest BCUT2D eigenvalue weighted by molar-refractivity contribution is 7.07. The Hall–Kier alpha value is -1.92. The van der Waals surface area contributed by atoms with Gasteiger partial charge in [-0.3, -0.25) is 4.90 Å². The predicted octanol–water partition coefficient (Wildman–Crippen LogP) is 4.09. The molecule has 0 saturated carbocycles. The van der Waals surface area contributed by atoms with Gasteiger partial charge in [0.1, 0.15) is 5.82 Å². The summed E-state index contributed by atoms with van der Waals surface area (Å²) in [5.74, 6) is -0.324. The van der Waals surface area contributed by atoms with E-state index in [1.807, 2.05) is 5.38 Å². The molecule has 0 radical (unpaired) electrons. The molecule has 0 fully saturated rings. The predicted molar refractivity (Wildman–Crippen MR) is 93.4 cm³/mol. The third-order valence-electron chi connectivity index (χ3n) is 3.74. The minimum Gasteiger partial charge on any atom is -0.336 e. The van der Waals surface area contributed by atoms with Gasteiger partial charge in [0, 0.05) is 12.2 Å². The number of anilines is 1. The lowest BCUT2D eigenvalue weighted by atomic mass is 10.1. The summed E-state index contributed by atoms with van der Waals surface area (Å²) in [5, 5.41) is 9.77. The molecule has 2 amide bonds. The van der Waals surface area contributed by atoms with Gasteiger partial charge in [-0.1, -0.05) is 13.8 Å². The second kappa shape index (κ2) is 8.64. The van der Waals surface area contributed by atoms with Crippen molar-refractivity contribution >= 4 is 23.1 Å². The topological polar surface area (TPSA) is 44.4 Å². The van der Waals surface area contributed by atoms with Crippen LogP contribution in [0.25, 0.3) is 0 Å². The van der Waals surface area contributed by atoms with Crippen LogP contribution in [0.15, 0.2) is 41.1 Å². The fourth-order valence-corrected chi connectivity index (χ4v) is 3.19. The molecule has 23 heavy (non-hydrogen) atoms. The second-order valence-corrected chi connectivity index (χ2v) is 5.92. The number of nitrogens with zero attached hydrogens (tertiary/aromatic N) is 1. The lowest BCUT2D eigenvalue weighted by molar-refractivity contribution is 0.210. The molecule has 0 aliphatic heterocycles. The van der Waals surface area contributed by atoms with E-state index in [2.05, 4.69) is 40.8 Å². The number of likely N-dealkylation sites (N-methyl/N-ethyl adjacent to an activating group) is 1. The van der Waals surface area contributed by atoms with Gasteiger partial charge in [0.15, 0.2) is 0 Å². The second-order valence-electron chi connectivity index (χ2n) is 5.14. The molecule has 2 N–H and O–H groups in total. The zero-order valence-corrected chi connectivity index (χ0v) is 14.2.